The molecular formula is C12H12BrN3O2. The normalized spacial score (nSPS) is 10.4. The summed E-state index contributed by atoms with van der Waals surface area (Å²) >= 11 is 3.34. The average molecular weight is 310 g/mol. The van der Waals surface area contributed by atoms with E-state index in [1.807, 2.05) is 0 Å². The molecule has 2 rings (SSSR count). The van der Waals surface area contributed by atoms with Crippen molar-refractivity contribution >= 4 is 27.4 Å². The smallest absolute Gasteiger partial charge is 0.216 e. The minimum atomic E-state index is -0.189. The lowest BCUT2D eigenvalue weighted by molar-refractivity contribution is 0.102. The first-order chi connectivity index (χ1) is 8.54. The SMILES string of the molecule is COc1cnn(C)c1C(=O)c1cc(N)ccc1Br. The topological polar surface area (TPSA) is 70.1 Å². The molecule has 1 aromatic carbocycles. The molecular weight excluding hydrogens is 298 g/mol. The van der Waals surface area contributed by atoms with Crippen LogP contribution in [0, 0.1) is 0 Å². The summed E-state index contributed by atoms with van der Waals surface area (Å²) in [4.78, 5) is 12.5. The minimum Gasteiger partial charge on any atom is -0.493 e. The summed E-state index contributed by atoms with van der Waals surface area (Å²) < 4.78 is 7.30. The zero-order valence-corrected chi connectivity index (χ0v) is 11.6. The zero-order valence-electron chi connectivity index (χ0n) is 9.98. The Labute approximate surface area is 113 Å². The number of carbonyl (C=O) groups excluding carboxylic acids is 1. The van der Waals surface area contributed by atoms with Gasteiger partial charge in [0.25, 0.3) is 0 Å². The summed E-state index contributed by atoms with van der Waals surface area (Å²) in [6, 6.07) is 5.09. The molecule has 0 saturated carbocycles. The van der Waals surface area contributed by atoms with Crippen molar-refractivity contribution in [1.82, 2.24) is 9.78 Å². The Kier molecular flexibility index (Phi) is 3.38. The van der Waals surface area contributed by atoms with Crippen LogP contribution in [0.4, 0.5) is 5.69 Å². The zero-order chi connectivity index (χ0) is 13.3. The van der Waals surface area contributed by atoms with E-state index >= 15 is 0 Å². The molecule has 0 bridgehead atoms. The van der Waals surface area contributed by atoms with E-state index in [1.54, 1.807) is 25.2 Å². The van der Waals surface area contributed by atoms with Gasteiger partial charge in [-0.2, -0.15) is 5.10 Å². The third-order valence-electron chi connectivity index (χ3n) is 2.58. The van der Waals surface area contributed by atoms with Crippen LogP contribution in [-0.2, 0) is 7.05 Å². The van der Waals surface area contributed by atoms with Crippen molar-refractivity contribution in [1.29, 1.82) is 0 Å². The van der Waals surface area contributed by atoms with Crippen molar-refractivity contribution in [2.24, 2.45) is 7.05 Å². The average Bonchev–Trinajstić information content (AvgIpc) is 2.72. The molecule has 1 aromatic heterocycles. The number of rotatable bonds is 3. The van der Waals surface area contributed by atoms with E-state index < -0.39 is 0 Å². The summed E-state index contributed by atoms with van der Waals surface area (Å²) in [5.41, 5.74) is 7.11. The van der Waals surface area contributed by atoms with E-state index in [2.05, 4.69) is 21.0 Å². The second-order valence-corrected chi connectivity index (χ2v) is 4.61. The van der Waals surface area contributed by atoms with Gasteiger partial charge in [0.1, 0.15) is 0 Å². The Morgan fingerprint density at radius 3 is 2.89 bits per heavy atom. The number of carbonyl (C=O) groups is 1. The summed E-state index contributed by atoms with van der Waals surface area (Å²) in [6.45, 7) is 0. The number of ether oxygens (including phenoxy) is 1. The molecule has 1 heterocycles. The molecule has 18 heavy (non-hydrogen) atoms. The van der Waals surface area contributed by atoms with Crippen LogP contribution < -0.4 is 10.5 Å². The highest BCUT2D eigenvalue weighted by Crippen LogP contribution is 2.26. The van der Waals surface area contributed by atoms with E-state index in [1.165, 1.54) is 18.0 Å². The van der Waals surface area contributed by atoms with Crippen molar-refractivity contribution in [3.8, 4) is 5.75 Å². The lowest BCUT2D eigenvalue weighted by Crippen LogP contribution is -2.10. The predicted octanol–water partition coefficient (Wildman–Crippen LogP) is 2.00. The number of aryl methyl sites for hydroxylation is 1. The maximum atomic E-state index is 12.5. The van der Waals surface area contributed by atoms with Crippen LogP contribution in [0.5, 0.6) is 5.75 Å². The molecule has 94 valence electrons. The molecule has 0 radical (unpaired) electrons. The number of benzene rings is 1. The Hall–Kier alpha value is -1.82. The van der Waals surface area contributed by atoms with Crippen molar-refractivity contribution in [3.05, 3.63) is 40.1 Å². The Morgan fingerprint density at radius 1 is 1.50 bits per heavy atom. The predicted molar refractivity (Wildman–Crippen MR) is 71.7 cm³/mol. The lowest BCUT2D eigenvalue weighted by atomic mass is 10.1. The fourth-order valence-corrected chi connectivity index (χ4v) is 2.10. The van der Waals surface area contributed by atoms with E-state index in [9.17, 15) is 4.79 Å². The van der Waals surface area contributed by atoms with Gasteiger partial charge < -0.3 is 10.5 Å². The van der Waals surface area contributed by atoms with Gasteiger partial charge in [0.15, 0.2) is 11.4 Å². The van der Waals surface area contributed by atoms with Gasteiger partial charge in [0.2, 0.25) is 5.78 Å². The third-order valence-corrected chi connectivity index (χ3v) is 3.27. The van der Waals surface area contributed by atoms with Gasteiger partial charge in [0, 0.05) is 22.8 Å². The molecule has 0 amide bonds. The van der Waals surface area contributed by atoms with Crippen LogP contribution in [0.25, 0.3) is 0 Å². The molecule has 0 fully saturated rings. The Bertz CT molecular complexity index is 607. The number of ketones is 1. The maximum Gasteiger partial charge on any atom is 0.216 e. The summed E-state index contributed by atoms with van der Waals surface area (Å²) in [5, 5.41) is 4.01. The molecule has 0 saturated heterocycles. The van der Waals surface area contributed by atoms with Gasteiger partial charge in [-0.1, -0.05) is 15.9 Å². The van der Waals surface area contributed by atoms with Crippen molar-refractivity contribution in [2.45, 2.75) is 0 Å². The number of methoxy groups -OCH3 is 1. The fourth-order valence-electron chi connectivity index (χ4n) is 1.67. The molecule has 0 aliphatic carbocycles. The first kappa shape index (κ1) is 12.6. The van der Waals surface area contributed by atoms with Gasteiger partial charge >= 0.3 is 0 Å². The molecule has 0 spiro atoms. The first-order valence-electron chi connectivity index (χ1n) is 5.20. The minimum absolute atomic E-state index is 0.189. The van der Waals surface area contributed by atoms with Crippen LogP contribution in [-0.4, -0.2) is 22.7 Å². The largest absolute Gasteiger partial charge is 0.493 e. The molecule has 0 unspecified atom stereocenters. The van der Waals surface area contributed by atoms with Crippen LogP contribution in [0.3, 0.4) is 0 Å². The van der Waals surface area contributed by atoms with Crippen molar-refractivity contribution in [2.75, 3.05) is 12.8 Å². The van der Waals surface area contributed by atoms with E-state index in [0.29, 0.717) is 27.2 Å². The molecule has 6 heteroatoms. The summed E-state index contributed by atoms with van der Waals surface area (Å²) in [6.07, 6.45) is 1.51. The monoisotopic (exact) mass is 309 g/mol. The maximum absolute atomic E-state index is 12.5. The number of nitrogens with two attached hydrogens (primary N) is 1. The molecule has 2 N–H and O–H groups in total. The highest BCUT2D eigenvalue weighted by atomic mass is 79.9. The second-order valence-electron chi connectivity index (χ2n) is 3.75. The molecule has 0 atom stereocenters. The Balaban J connectivity index is 2.54. The van der Waals surface area contributed by atoms with Gasteiger partial charge in [-0.3, -0.25) is 9.48 Å². The molecule has 2 aromatic rings. The third kappa shape index (κ3) is 2.11. The van der Waals surface area contributed by atoms with Crippen LogP contribution in [0.2, 0.25) is 0 Å². The number of nitrogen functional groups attached to an aromatic ring is 1. The summed E-state index contributed by atoms with van der Waals surface area (Å²) in [7, 11) is 3.19. The number of anilines is 1. The molecule has 0 aliphatic rings. The molecule has 5 nitrogen and oxygen atoms in total. The molecule has 0 aliphatic heterocycles. The van der Waals surface area contributed by atoms with Crippen molar-refractivity contribution in [3.63, 3.8) is 0 Å². The number of aromatic nitrogens is 2. The van der Waals surface area contributed by atoms with Gasteiger partial charge in [-0.25, -0.2) is 0 Å². The van der Waals surface area contributed by atoms with E-state index in [-0.39, 0.29) is 5.78 Å². The van der Waals surface area contributed by atoms with Crippen LogP contribution in [0.15, 0.2) is 28.9 Å². The van der Waals surface area contributed by atoms with Gasteiger partial charge in [-0.05, 0) is 18.2 Å². The van der Waals surface area contributed by atoms with E-state index in [4.69, 9.17) is 10.5 Å². The lowest BCUT2D eigenvalue weighted by Gasteiger charge is -2.07. The van der Waals surface area contributed by atoms with Gasteiger partial charge in [-0.15, -0.1) is 0 Å². The number of hydrogen-bond acceptors (Lipinski definition) is 4. The summed E-state index contributed by atoms with van der Waals surface area (Å²) in [5.74, 6) is 0.253. The van der Waals surface area contributed by atoms with Crippen LogP contribution >= 0.6 is 15.9 Å². The first-order valence-corrected chi connectivity index (χ1v) is 5.99. The van der Waals surface area contributed by atoms with E-state index in [0.717, 1.165) is 0 Å². The second kappa shape index (κ2) is 4.81. The van der Waals surface area contributed by atoms with Crippen LogP contribution in [0.1, 0.15) is 16.1 Å². The van der Waals surface area contributed by atoms with Gasteiger partial charge in [0.05, 0.1) is 13.3 Å². The highest BCUT2D eigenvalue weighted by molar-refractivity contribution is 9.10. The number of hydrogen-bond donors (Lipinski definition) is 1. The van der Waals surface area contributed by atoms with Crippen molar-refractivity contribution < 1.29 is 9.53 Å². The number of nitrogens with zero attached hydrogens (tertiary/aromatic N) is 2. The highest BCUT2D eigenvalue weighted by Gasteiger charge is 2.21. The fraction of sp³-hybridized carbons (Fsp3) is 0.167. The number of halogens is 1. The quantitative estimate of drug-likeness (QED) is 0.695. The standard InChI is InChI=1S/C12H12BrN3O2/c1-16-11(10(18-2)6-15-16)12(17)8-5-7(14)3-4-9(8)13/h3-6H,14H2,1-2H3. The Morgan fingerprint density at radius 2 is 2.22 bits per heavy atom.